The molecule has 226 valence electrons. The predicted molar refractivity (Wildman–Crippen MR) is 151 cm³/mol. The molecule has 0 heterocycles. The summed E-state index contributed by atoms with van der Waals surface area (Å²) in [4.78, 5) is 33.3. The Hall–Kier alpha value is -0.990. The summed E-state index contributed by atoms with van der Waals surface area (Å²) < 4.78 is 31.7. The summed E-state index contributed by atoms with van der Waals surface area (Å²) in [6, 6.07) is 0. The lowest BCUT2D eigenvalue weighted by molar-refractivity contribution is -0.161. The molecule has 9 nitrogen and oxygen atoms in total. The van der Waals surface area contributed by atoms with Crippen LogP contribution in [-0.4, -0.2) is 49.3 Å². The van der Waals surface area contributed by atoms with E-state index in [-0.39, 0.29) is 32.6 Å². The van der Waals surface area contributed by atoms with Crippen LogP contribution in [0.2, 0.25) is 0 Å². The van der Waals surface area contributed by atoms with Crippen LogP contribution in [0.4, 0.5) is 0 Å². The zero-order valence-electron chi connectivity index (χ0n) is 24.2. The van der Waals surface area contributed by atoms with E-state index in [1.54, 1.807) is 6.92 Å². The van der Waals surface area contributed by atoms with Crippen molar-refractivity contribution < 1.29 is 37.6 Å². The van der Waals surface area contributed by atoms with Crippen LogP contribution >= 0.6 is 7.82 Å². The van der Waals surface area contributed by atoms with Crippen molar-refractivity contribution in [2.24, 2.45) is 5.73 Å². The second-order valence-electron chi connectivity index (χ2n) is 9.94. The molecule has 38 heavy (non-hydrogen) atoms. The van der Waals surface area contributed by atoms with Crippen molar-refractivity contribution in [3.05, 3.63) is 0 Å². The van der Waals surface area contributed by atoms with E-state index in [0.29, 0.717) is 6.42 Å². The van der Waals surface area contributed by atoms with Crippen molar-refractivity contribution in [3.63, 3.8) is 0 Å². The molecule has 0 radical (unpaired) electrons. The van der Waals surface area contributed by atoms with Gasteiger partial charge in [-0.1, -0.05) is 117 Å². The van der Waals surface area contributed by atoms with Crippen molar-refractivity contribution >= 4 is 19.8 Å². The Kier molecular flexibility index (Phi) is 25.6. The highest BCUT2D eigenvalue weighted by atomic mass is 31.2. The molecular weight excluding hydrogens is 509 g/mol. The van der Waals surface area contributed by atoms with Gasteiger partial charge >= 0.3 is 19.8 Å². The lowest BCUT2D eigenvalue weighted by atomic mass is 10.0. The highest BCUT2D eigenvalue weighted by Crippen LogP contribution is 2.43. The Balaban J connectivity index is 3.85. The van der Waals surface area contributed by atoms with Gasteiger partial charge in [0.05, 0.1) is 13.2 Å². The van der Waals surface area contributed by atoms with Gasteiger partial charge in [0.2, 0.25) is 0 Å². The normalized spacial score (nSPS) is 13.7. The number of ether oxygens (including phenoxy) is 2. The van der Waals surface area contributed by atoms with Crippen LogP contribution < -0.4 is 5.73 Å². The van der Waals surface area contributed by atoms with Gasteiger partial charge in [0.25, 0.3) is 0 Å². The molecule has 0 rings (SSSR count). The summed E-state index contributed by atoms with van der Waals surface area (Å²) >= 11 is 0. The first-order valence-electron chi connectivity index (χ1n) is 15.0. The van der Waals surface area contributed by atoms with Crippen LogP contribution in [0.15, 0.2) is 0 Å². The maximum absolute atomic E-state index is 12.2. The summed E-state index contributed by atoms with van der Waals surface area (Å²) in [6.07, 6.45) is 20.9. The molecule has 0 fully saturated rings. The molecule has 0 aromatic heterocycles. The first kappa shape index (κ1) is 37.0. The molecule has 2 unspecified atom stereocenters. The number of phosphoric acid groups is 1. The topological polar surface area (TPSA) is 134 Å². The third-order valence-electron chi connectivity index (χ3n) is 6.30. The summed E-state index contributed by atoms with van der Waals surface area (Å²) in [6.45, 7) is 3.12. The fourth-order valence-electron chi connectivity index (χ4n) is 4.03. The van der Waals surface area contributed by atoms with E-state index in [2.05, 4.69) is 11.4 Å². The molecule has 2 atom stereocenters. The minimum atomic E-state index is -4.33. The number of hydrogen-bond donors (Lipinski definition) is 2. The zero-order valence-corrected chi connectivity index (χ0v) is 25.1. The Morgan fingerprint density at radius 2 is 1.18 bits per heavy atom. The van der Waals surface area contributed by atoms with Gasteiger partial charge in [0, 0.05) is 19.4 Å². The number of unbranched alkanes of at least 4 members (excludes halogenated alkanes) is 16. The second-order valence-corrected chi connectivity index (χ2v) is 11.4. The number of carbonyl (C=O) groups is 2. The highest BCUT2D eigenvalue weighted by molar-refractivity contribution is 7.47. The third-order valence-corrected chi connectivity index (χ3v) is 7.28. The minimum absolute atomic E-state index is 0.0554. The van der Waals surface area contributed by atoms with Crippen LogP contribution in [0.5, 0.6) is 0 Å². The highest BCUT2D eigenvalue weighted by Gasteiger charge is 2.25. The Labute approximate surface area is 231 Å². The third kappa shape index (κ3) is 25.3. The van der Waals surface area contributed by atoms with E-state index in [1.807, 2.05) is 0 Å². The van der Waals surface area contributed by atoms with E-state index >= 15 is 0 Å². The molecule has 0 aliphatic carbocycles. The maximum Gasteiger partial charge on any atom is 0.472 e. The quantitative estimate of drug-likeness (QED) is 0.0585. The zero-order chi connectivity index (χ0) is 28.3. The molecule has 0 aliphatic heterocycles. The standard InChI is InChI=1S/C28H56NO8P/c1-3-5-6-7-8-9-10-11-12-13-14-15-16-17-18-19-20-21-28(31)37-26(24-34-27(30)4-2)25-36-38(32,33)35-23-22-29/h26H,3-25,29H2,1-2H3,(H,32,33). The number of rotatable bonds is 28. The number of nitrogens with two attached hydrogens (primary N) is 1. The van der Waals surface area contributed by atoms with Gasteiger partial charge in [-0.25, -0.2) is 4.57 Å². The maximum atomic E-state index is 12.2. The first-order valence-corrected chi connectivity index (χ1v) is 16.5. The van der Waals surface area contributed by atoms with Gasteiger partial charge in [0.15, 0.2) is 6.10 Å². The summed E-state index contributed by atoms with van der Waals surface area (Å²) in [5.41, 5.74) is 5.25. The number of esters is 2. The van der Waals surface area contributed by atoms with Gasteiger partial charge in [-0.05, 0) is 6.42 Å². The molecule has 0 spiro atoms. The molecule has 10 heteroatoms. The molecule has 0 aromatic carbocycles. The van der Waals surface area contributed by atoms with Crippen molar-refractivity contribution in [3.8, 4) is 0 Å². The smallest absolute Gasteiger partial charge is 0.462 e. The number of phosphoric ester groups is 1. The number of carbonyl (C=O) groups excluding carboxylic acids is 2. The van der Waals surface area contributed by atoms with E-state index in [4.69, 9.17) is 19.7 Å². The van der Waals surface area contributed by atoms with Crippen LogP contribution in [0.25, 0.3) is 0 Å². The Morgan fingerprint density at radius 1 is 0.711 bits per heavy atom. The van der Waals surface area contributed by atoms with Crippen molar-refractivity contribution in [2.75, 3.05) is 26.4 Å². The van der Waals surface area contributed by atoms with Crippen molar-refractivity contribution in [1.29, 1.82) is 0 Å². The average molecular weight is 566 g/mol. The summed E-state index contributed by atoms with van der Waals surface area (Å²) in [5.74, 6) is -0.923. The first-order chi connectivity index (χ1) is 18.3. The predicted octanol–water partition coefficient (Wildman–Crippen LogP) is 6.99. The van der Waals surface area contributed by atoms with E-state index in [0.717, 1.165) is 12.8 Å². The SMILES string of the molecule is CCCCCCCCCCCCCCCCCCCC(=O)OC(COC(=O)CC)COP(=O)(O)OCCN. The summed E-state index contributed by atoms with van der Waals surface area (Å²) in [7, 11) is -4.33. The Bertz CT molecular complexity index is 620. The molecular formula is C28H56NO8P. The van der Waals surface area contributed by atoms with Crippen LogP contribution in [0.3, 0.4) is 0 Å². The lowest BCUT2D eigenvalue weighted by Crippen LogP contribution is -2.29. The van der Waals surface area contributed by atoms with Crippen LogP contribution in [-0.2, 0) is 32.7 Å². The average Bonchev–Trinajstić information content (AvgIpc) is 2.90. The van der Waals surface area contributed by atoms with Gasteiger partial charge < -0.3 is 20.1 Å². The van der Waals surface area contributed by atoms with E-state index in [9.17, 15) is 19.0 Å². The largest absolute Gasteiger partial charge is 0.472 e. The fourth-order valence-corrected chi connectivity index (χ4v) is 4.79. The molecule has 0 saturated heterocycles. The van der Waals surface area contributed by atoms with Gasteiger partial charge in [-0.3, -0.25) is 18.6 Å². The minimum Gasteiger partial charge on any atom is -0.462 e. The van der Waals surface area contributed by atoms with E-state index in [1.165, 1.54) is 89.9 Å². The molecule has 3 N–H and O–H groups in total. The monoisotopic (exact) mass is 565 g/mol. The molecule has 0 aromatic rings. The lowest BCUT2D eigenvalue weighted by Gasteiger charge is -2.19. The molecule has 0 bridgehead atoms. The Morgan fingerprint density at radius 3 is 1.63 bits per heavy atom. The van der Waals surface area contributed by atoms with Gasteiger partial charge in [-0.2, -0.15) is 0 Å². The van der Waals surface area contributed by atoms with Crippen molar-refractivity contribution in [2.45, 2.75) is 142 Å². The molecule has 0 amide bonds. The molecule has 0 aliphatic rings. The fraction of sp³-hybridized carbons (Fsp3) is 0.929. The van der Waals surface area contributed by atoms with Gasteiger partial charge in [-0.15, -0.1) is 0 Å². The molecule has 0 saturated carbocycles. The second kappa shape index (κ2) is 26.2. The van der Waals surface area contributed by atoms with Crippen molar-refractivity contribution in [1.82, 2.24) is 0 Å². The van der Waals surface area contributed by atoms with Gasteiger partial charge in [0.1, 0.15) is 6.61 Å². The number of hydrogen-bond acceptors (Lipinski definition) is 8. The summed E-state index contributed by atoms with van der Waals surface area (Å²) in [5, 5.41) is 0. The van der Waals surface area contributed by atoms with Crippen LogP contribution in [0, 0.1) is 0 Å². The van der Waals surface area contributed by atoms with E-state index < -0.39 is 32.5 Å². The van der Waals surface area contributed by atoms with Crippen LogP contribution in [0.1, 0.15) is 136 Å².